The molecular weight excluding hydrogens is 240 g/mol. The zero-order valence-electron chi connectivity index (χ0n) is 12.5. The van der Waals surface area contributed by atoms with E-state index in [1.165, 1.54) is 38.5 Å². The van der Waals surface area contributed by atoms with E-state index in [1.807, 2.05) is 0 Å². The van der Waals surface area contributed by atoms with Crippen molar-refractivity contribution in [2.75, 3.05) is 26.8 Å². The number of hydrogen-bond donors (Lipinski definition) is 2. The molecule has 0 aromatic carbocycles. The molecule has 0 aromatic heterocycles. The lowest BCUT2D eigenvalue weighted by molar-refractivity contribution is -0.120. The molecule has 1 aliphatic rings. The predicted molar refractivity (Wildman–Crippen MR) is 78.2 cm³/mol. The number of hydrogen-bond acceptors (Lipinski definition) is 3. The van der Waals surface area contributed by atoms with Gasteiger partial charge < -0.3 is 15.4 Å². The van der Waals surface area contributed by atoms with Crippen LogP contribution in [0, 0.1) is 5.92 Å². The summed E-state index contributed by atoms with van der Waals surface area (Å²) in [5.41, 5.74) is 0. The van der Waals surface area contributed by atoms with Gasteiger partial charge in [-0.1, -0.05) is 32.1 Å². The average Bonchev–Trinajstić information content (AvgIpc) is 2.42. The maximum atomic E-state index is 11.7. The second-order valence-corrected chi connectivity index (χ2v) is 5.72. The van der Waals surface area contributed by atoms with E-state index in [4.69, 9.17) is 4.74 Å². The van der Waals surface area contributed by atoms with Gasteiger partial charge in [0.25, 0.3) is 0 Å². The van der Waals surface area contributed by atoms with Crippen molar-refractivity contribution in [3.8, 4) is 0 Å². The minimum absolute atomic E-state index is 0.0900. The summed E-state index contributed by atoms with van der Waals surface area (Å²) in [7, 11) is 1.66. The lowest BCUT2D eigenvalue weighted by atomic mass is 9.85. The Bertz CT molecular complexity index is 240. The van der Waals surface area contributed by atoms with Gasteiger partial charge in [0.15, 0.2) is 0 Å². The summed E-state index contributed by atoms with van der Waals surface area (Å²) < 4.78 is 4.92. The molecule has 1 atom stereocenters. The zero-order valence-corrected chi connectivity index (χ0v) is 12.5. The van der Waals surface area contributed by atoms with Gasteiger partial charge in [-0.2, -0.15) is 0 Å². The smallest absolute Gasteiger partial charge is 0.234 e. The fraction of sp³-hybridized carbons (Fsp3) is 0.933. The first-order valence-corrected chi connectivity index (χ1v) is 7.71. The highest BCUT2D eigenvalue weighted by Crippen LogP contribution is 2.27. The Morgan fingerprint density at radius 1 is 1.32 bits per heavy atom. The molecule has 4 nitrogen and oxygen atoms in total. The van der Waals surface area contributed by atoms with E-state index >= 15 is 0 Å². The van der Waals surface area contributed by atoms with Crippen LogP contribution in [0.15, 0.2) is 0 Å². The van der Waals surface area contributed by atoms with E-state index in [1.54, 1.807) is 7.11 Å². The molecule has 0 bridgehead atoms. The summed E-state index contributed by atoms with van der Waals surface area (Å²) in [5, 5.41) is 6.11. The van der Waals surface area contributed by atoms with E-state index in [-0.39, 0.29) is 5.91 Å². The van der Waals surface area contributed by atoms with Gasteiger partial charge in [-0.05, 0) is 25.7 Å². The van der Waals surface area contributed by atoms with Crippen molar-refractivity contribution in [1.82, 2.24) is 10.6 Å². The van der Waals surface area contributed by atoms with Crippen LogP contribution in [-0.2, 0) is 9.53 Å². The maximum absolute atomic E-state index is 11.7. The first kappa shape index (κ1) is 16.4. The second-order valence-electron chi connectivity index (χ2n) is 5.72. The Hall–Kier alpha value is -0.610. The standard InChI is InChI=1S/C15H30N2O2/c1-13(8-9-14-6-4-3-5-7-14)17-15(18)12-16-10-11-19-2/h13-14,16H,3-12H2,1-2H3,(H,17,18). The molecule has 0 aliphatic heterocycles. The highest BCUT2D eigenvalue weighted by atomic mass is 16.5. The van der Waals surface area contributed by atoms with Gasteiger partial charge in [0.1, 0.15) is 0 Å². The molecule has 1 unspecified atom stereocenters. The Morgan fingerprint density at radius 3 is 2.74 bits per heavy atom. The molecule has 19 heavy (non-hydrogen) atoms. The average molecular weight is 270 g/mol. The Balaban J connectivity index is 2.02. The van der Waals surface area contributed by atoms with E-state index in [0.29, 0.717) is 19.2 Å². The van der Waals surface area contributed by atoms with Gasteiger partial charge in [0, 0.05) is 19.7 Å². The Morgan fingerprint density at radius 2 is 2.05 bits per heavy atom. The van der Waals surface area contributed by atoms with Crippen LogP contribution in [0.3, 0.4) is 0 Å². The van der Waals surface area contributed by atoms with Gasteiger partial charge in [-0.15, -0.1) is 0 Å². The van der Waals surface area contributed by atoms with Crippen molar-refractivity contribution in [3.63, 3.8) is 0 Å². The van der Waals surface area contributed by atoms with Crippen LogP contribution < -0.4 is 10.6 Å². The molecule has 1 amide bonds. The molecule has 0 aromatic rings. The number of ether oxygens (including phenoxy) is 1. The SMILES string of the molecule is COCCNCC(=O)NC(C)CCC1CCCCC1. The lowest BCUT2D eigenvalue weighted by Gasteiger charge is -2.23. The fourth-order valence-corrected chi connectivity index (χ4v) is 2.74. The highest BCUT2D eigenvalue weighted by molar-refractivity contribution is 5.78. The molecular formula is C15H30N2O2. The summed E-state index contributed by atoms with van der Waals surface area (Å²) in [6, 6.07) is 0.290. The predicted octanol–water partition coefficient (Wildman–Crippen LogP) is 2.09. The maximum Gasteiger partial charge on any atom is 0.234 e. The van der Waals surface area contributed by atoms with E-state index in [0.717, 1.165) is 18.9 Å². The van der Waals surface area contributed by atoms with Crippen molar-refractivity contribution in [3.05, 3.63) is 0 Å². The van der Waals surface area contributed by atoms with Crippen molar-refractivity contribution < 1.29 is 9.53 Å². The van der Waals surface area contributed by atoms with Gasteiger partial charge in [-0.25, -0.2) is 0 Å². The summed E-state index contributed by atoms with van der Waals surface area (Å²) in [6.07, 6.45) is 9.35. The summed E-state index contributed by atoms with van der Waals surface area (Å²) in [6.45, 7) is 3.86. The van der Waals surface area contributed by atoms with Gasteiger partial charge in [0.2, 0.25) is 5.91 Å². The lowest BCUT2D eigenvalue weighted by Crippen LogP contribution is -2.40. The third-order valence-electron chi connectivity index (χ3n) is 3.91. The Kier molecular flexibility index (Phi) is 8.84. The molecule has 112 valence electrons. The minimum Gasteiger partial charge on any atom is -0.383 e. The van der Waals surface area contributed by atoms with E-state index in [9.17, 15) is 4.79 Å². The van der Waals surface area contributed by atoms with Crippen LogP contribution in [0.1, 0.15) is 51.9 Å². The molecule has 0 heterocycles. The van der Waals surface area contributed by atoms with Crippen LogP contribution in [0.25, 0.3) is 0 Å². The molecule has 1 saturated carbocycles. The quantitative estimate of drug-likeness (QED) is 0.631. The first-order valence-electron chi connectivity index (χ1n) is 7.71. The number of nitrogens with one attached hydrogen (secondary N) is 2. The largest absolute Gasteiger partial charge is 0.383 e. The van der Waals surface area contributed by atoms with Crippen LogP contribution in [-0.4, -0.2) is 38.8 Å². The van der Waals surface area contributed by atoms with Gasteiger partial charge in [-0.3, -0.25) is 4.79 Å². The van der Waals surface area contributed by atoms with Crippen LogP contribution in [0.4, 0.5) is 0 Å². The molecule has 1 aliphatic carbocycles. The third kappa shape index (κ3) is 8.22. The number of amides is 1. The minimum atomic E-state index is 0.0900. The number of methoxy groups -OCH3 is 1. The van der Waals surface area contributed by atoms with E-state index in [2.05, 4.69) is 17.6 Å². The van der Waals surface area contributed by atoms with Crippen LogP contribution in [0.5, 0.6) is 0 Å². The Labute approximate surface area is 117 Å². The van der Waals surface area contributed by atoms with Crippen molar-refractivity contribution in [2.45, 2.75) is 57.9 Å². The number of rotatable bonds is 9. The van der Waals surface area contributed by atoms with Crippen molar-refractivity contribution >= 4 is 5.91 Å². The second kappa shape index (κ2) is 10.2. The van der Waals surface area contributed by atoms with Crippen LogP contribution >= 0.6 is 0 Å². The molecule has 0 spiro atoms. The number of carbonyl (C=O) groups is 1. The van der Waals surface area contributed by atoms with Crippen molar-refractivity contribution in [2.24, 2.45) is 5.92 Å². The van der Waals surface area contributed by atoms with Gasteiger partial charge in [0.05, 0.1) is 13.2 Å². The molecule has 0 radical (unpaired) electrons. The molecule has 1 rings (SSSR count). The fourth-order valence-electron chi connectivity index (χ4n) is 2.74. The topological polar surface area (TPSA) is 50.4 Å². The van der Waals surface area contributed by atoms with Crippen molar-refractivity contribution in [1.29, 1.82) is 0 Å². The van der Waals surface area contributed by atoms with Gasteiger partial charge >= 0.3 is 0 Å². The highest BCUT2D eigenvalue weighted by Gasteiger charge is 2.15. The first-order chi connectivity index (χ1) is 9.22. The molecule has 1 fully saturated rings. The summed E-state index contributed by atoms with van der Waals surface area (Å²) in [5.74, 6) is 0.986. The number of carbonyl (C=O) groups excluding carboxylic acids is 1. The molecule has 2 N–H and O–H groups in total. The summed E-state index contributed by atoms with van der Waals surface area (Å²) in [4.78, 5) is 11.7. The monoisotopic (exact) mass is 270 g/mol. The van der Waals surface area contributed by atoms with Crippen LogP contribution in [0.2, 0.25) is 0 Å². The normalized spacial score (nSPS) is 18.2. The molecule has 4 heteroatoms. The molecule has 0 saturated heterocycles. The van der Waals surface area contributed by atoms with E-state index < -0.39 is 0 Å². The third-order valence-corrected chi connectivity index (χ3v) is 3.91. The zero-order chi connectivity index (χ0) is 13.9. The summed E-state index contributed by atoms with van der Waals surface area (Å²) >= 11 is 0.